The van der Waals surface area contributed by atoms with Crippen molar-refractivity contribution >= 4 is 34.7 Å². The molecule has 5 nitrogen and oxygen atoms in total. The van der Waals surface area contributed by atoms with Crippen molar-refractivity contribution in [1.82, 2.24) is 21.5 Å². The predicted octanol–water partition coefficient (Wildman–Crippen LogP) is 3.25. The van der Waals surface area contributed by atoms with Gasteiger partial charge in [-0.1, -0.05) is 45.2 Å². The van der Waals surface area contributed by atoms with E-state index in [1.807, 2.05) is 24.3 Å². The van der Waals surface area contributed by atoms with E-state index in [-0.39, 0.29) is 0 Å². The number of hydrogen-bond acceptors (Lipinski definition) is 3. The molecule has 0 aliphatic carbocycles. The molecule has 1 atom stereocenters. The topological polar surface area (TPSA) is 57.3 Å². The summed E-state index contributed by atoms with van der Waals surface area (Å²) in [5.41, 5.74) is 6.92. The summed E-state index contributed by atoms with van der Waals surface area (Å²) < 4.78 is 5.14. The second-order valence-electron chi connectivity index (χ2n) is 6.09. The van der Waals surface area contributed by atoms with Crippen LogP contribution in [0.5, 0.6) is 5.75 Å². The Morgan fingerprint density at radius 2 is 1.68 bits per heavy atom. The monoisotopic (exact) mass is 382 g/mol. The molecule has 0 heterocycles. The quantitative estimate of drug-likeness (QED) is 0.297. The van der Waals surface area contributed by atoms with Crippen molar-refractivity contribution < 1.29 is 4.74 Å². The SMILES string of the molecule is CCCCC[C@H](C)CNC(=S)NNC(=S)NCc1ccc(OC)cc1. The van der Waals surface area contributed by atoms with E-state index in [1.165, 1.54) is 25.7 Å². The minimum Gasteiger partial charge on any atom is -0.497 e. The van der Waals surface area contributed by atoms with Crippen LogP contribution in [0.25, 0.3) is 0 Å². The van der Waals surface area contributed by atoms with Gasteiger partial charge in [0.05, 0.1) is 7.11 Å². The number of hydrogen-bond donors (Lipinski definition) is 4. The lowest BCUT2D eigenvalue weighted by atomic mass is 10.0. The summed E-state index contributed by atoms with van der Waals surface area (Å²) in [6.45, 7) is 5.95. The standard InChI is InChI=1S/C18H30N4OS2/c1-4-5-6-7-14(2)12-19-17(24)21-22-18(25)20-13-15-8-10-16(23-3)11-9-15/h8-11,14H,4-7,12-13H2,1-3H3,(H2,19,21,24)(H2,20,22,25)/t14-/m0/s1. The molecule has 0 aromatic heterocycles. The van der Waals surface area contributed by atoms with Crippen molar-refractivity contribution in [1.29, 1.82) is 0 Å². The van der Waals surface area contributed by atoms with Crippen molar-refractivity contribution in [2.75, 3.05) is 13.7 Å². The van der Waals surface area contributed by atoms with E-state index in [2.05, 4.69) is 35.3 Å². The van der Waals surface area contributed by atoms with Crippen LogP contribution in [0.2, 0.25) is 0 Å². The Morgan fingerprint density at radius 1 is 1.04 bits per heavy atom. The van der Waals surface area contributed by atoms with Gasteiger partial charge in [0.15, 0.2) is 10.2 Å². The van der Waals surface area contributed by atoms with E-state index in [0.717, 1.165) is 17.9 Å². The van der Waals surface area contributed by atoms with Crippen molar-refractivity contribution in [2.24, 2.45) is 5.92 Å². The maximum atomic E-state index is 5.25. The average Bonchev–Trinajstić information content (AvgIpc) is 2.63. The van der Waals surface area contributed by atoms with E-state index < -0.39 is 0 Å². The molecule has 1 rings (SSSR count). The van der Waals surface area contributed by atoms with E-state index in [1.54, 1.807) is 7.11 Å². The molecule has 1 aromatic carbocycles. The Balaban J connectivity index is 2.14. The Bertz CT molecular complexity index is 522. The fraction of sp³-hybridized carbons (Fsp3) is 0.556. The van der Waals surface area contributed by atoms with Gasteiger partial charge in [-0.3, -0.25) is 10.9 Å². The van der Waals surface area contributed by atoms with Gasteiger partial charge < -0.3 is 15.4 Å². The van der Waals surface area contributed by atoms with Crippen LogP contribution < -0.4 is 26.2 Å². The fourth-order valence-corrected chi connectivity index (χ4v) is 2.50. The highest BCUT2D eigenvalue weighted by atomic mass is 32.1. The number of unbranched alkanes of at least 4 members (excludes halogenated alkanes) is 2. The number of nitrogens with one attached hydrogen (secondary N) is 4. The van der Waals surface area contributed by atoms with Crippen molar-refractivity contribution in [2.45, 2.75) is 46.1 Å². The summed E-state index contributed by atoms with van der Waals surface area (Å²) in [6.07, 6.45) is 5.05. The molecule has 1 aromatic rings. The summed E-state index contributed by atoms with van der Waals surface area (Å²) in [7, 11) is 1.65. The fourth-order valence-electron chi connectivity index (χ4n) is 2.24. The minimum absolute atomic E-state index is 0.496. The van der Waals surface area contributed by atoms with Gasteiger partial charge in [0, 0.05) is 13.1 Å². The molecule has 0 spiro atoms. The average molecular weight is 383 g/mol. The van der Waals surface area contributed by atoms with Gasteiger partial charge in [0.25, 0.3) is 0 Å². The molecule has 140 valence electrons. The zero-order valence-corrected chi connectivity index (χ0v) is 17.0. The molecule has 0 amide bonds. The van der Waals surface area contributed by atoms with Crippen LogP contribution >= 0.6 is 24.4 Å². The second-order valence-corrected chi connectivity index (χ2v) is 6.91. The Morgan fingerprint density at radius 3 is 2.28 bits per heavy atom. The third-order valence-corrected chi connectivity index (χ3v) is 4.31. The number of methoxy groups -OCH3 is 1. The molecule has 25 heavy (non-hydrogen) atoms. The lowest BCUT2D eigenvalue weighted by Crippen LogP contribution is -2.50. The van der Waals surface area contributed by atoms with Crippen LogP contribution in [0.4, 0.5) is 0 Å². The third-order valence-electron chi connectivity index (χ3n) is 3.81. The van der Waals surface area contributed by atoms with Crippen LogP contribution in [0, 0.1) is 5.92 Å². The summed E-state index contributed by atoms with van der Waals surface area (Å²) in [4.78, 5) is 0. The lowest BCUT2D eigenvalue weighted by Gasteiger charge is -2.17. The highest BCUT2D eigenvalue weighted by Crippen LogP contribution is 2.10. The van der Waals surface area contributed by atoms with E-state index in [0.29, 0.717) is 22.7 Å². The first kappa shape index (κ1) is 21.4. The largest absolute Gasteiger partial charge is 0.497 e. The Hall–Kier alpha value is -1.60. The minimum atomic E-state index is 0.496. The van der Waals surface area contributed by atoms with Gasteiger partial charge in [-0.05, 0) is 54.5 Å². The molecule has 0 fully saturated rings. The summed E-state index contributed by atoms with van der Waals surface area (Å²) in [5.74, 6) is 1.44. The molecular formula is C18H30N4OS2. The number of ether oxygens (including phenoxy) is 1. The zero-order chi connectivity index (χ0) is 18.5. The molecule has 0 radical (unpaired) electrons. The number of benzene rings is 1. The normalized spacial score (nSPS) is 11.3. The van der Waals surface area contributed by atoms with Crippen molar-refractivity contribution in [3.05, 3.63) is 29.8 Å². The molecular weight excluding hydrogens is 352 g/mol. The van der Waals surface area contributed by atoms with Crippen LogP contribution in [0.1, 0.15) is 45.1 Å². The van der Waals surface area contributed by atoms with Crippen molar-refractivity contribution in [3.63, 3.8) is 0 Å². The molecule has 0 saturated carbocycles. The number of rotatable bonds is 9. The molecule has 0 aliphatic rings. The van der Waals surface area contributed by atoms with Crippen LogP contribution in [0.15, 0.2) is 24.3 Å². The third kappa shape index (κ3) is 10.1. The van der Waals surface area contributed by atoms with Gasteiger partial charge in [-0.25, -0.2) is 0 Å². The zero-order valence-electron chi connectivity index (χ0n) is 15.4. The highest BCUT2D eigenvalue weighted by molar-refractivity contribution is 7.80. The van der Waals surface area contributed by atoms with Crippen LogP contribution in [-0.2, 0) is 6.54 Å². The van der Waals surface area contributed by atoms with Gasteiger partial charge in [-0.2, -0.15) is 0 Å². The molecule has 0 aliphatic heterocycles. The van der Waals surface area contributed by atoms with E-state index in [4.69, 9.17) is 29.2 Å². The molecule has 4 N–H and O–H groups in total. The smallest absolute Gasteiger partial charge is 0.185 e. The Kier molecular flexibility index (Phi) is 10.9. The summed E-state index contributed by atoms with van der Waals surface area (Å²) >= 11 is 10.5. The van der Waals surface area contributed by atoms with E-state index in [9.17, 15) is 0 Å². The predicted molar refractivity (Wildman–Crippen MR) is 113 cm³/mol. The number of hydrazine groups is 1. The maximum Gasteiger partial charge on any atom is 0.185 e. The first-order valence-electron chi connectivity index (χ1n) is 8.75. The Labute approximate surface area is 162 Å². The molecule has 0 bridgehead atoms. The van der Waals surface area contributed by atoms with Crippen molar-refractivity contribution in [3.8, 4) is 5.75 Å². The summed E-state index contributed by atoms with van der Waals surface area (Å²) in [5, 5.41) is 7.38. The molecule has 0 unspecified atom stereocenters. The van der Waals surface area contributed by atoms with Crippen LogP contribution in [0.3, 0.4) is 0 Å². The first-order valence-corrected chi connectivity index (χ1v) is 9.57. The number of thiocarbonyl (C=S) groups is 2. The summed E-state index contributed by atoms with van der Waals surface area (Å²) in [6, 6.07) is 7.83. The molecule has 0 saturated heterocycles. The van der Waals surface area contributed by atoms with Gasteiger partial charge in [-0.15, -0.1) is 0 Å². The van der Waals surface area contributed by atoms with Gasteiger partial charge in [0.1, 0.15) is 5.75 Å². The van der Waals surface area contributed by atoms with E-state index >= 15 is 0 Å². The van der Waals surface area contributed by atoms with Gasteiger partial charge >= 0.3 is 0 Å². The molecule has 7 heteroatoms. The maximum absolute atomic E-state index is 5.25. The van der Waals surface area contributed by atoms with Gasteiger partial charge in [0.2, 0.25) is 0 Å². The lowest BCUT2D eigenvalue weighted by molar-refractivity contribution is 0.414. The highest BCUT2D eigenvalue weighted by Gasteiger charge is 2.03. The first-order chi connectivity index (χ1) is 12.0. The van der Waals surface area contributed by atoms with Crippen LogP contribution in [-0.4, -0.2) is 23.9 Å². The second kappa shape index (κ2) is 12.7.